The van der Waals surface area contributed by atoms with Crippen molar-refractivity contribution >= 4 is 18.0 Å². The maximum atomic E-state index is 5.69. The van der Waals surface area contributed by atoms with Crippen LogP contribution in [-0.2, 0) is 13.1 Å². The minimum Gasteiger partial charge on any atom is -0.413 e. The number of nitrogens with one attached hydrogen (secondary N) is 2. The summed E-state index contributed by atoms with van der Waals surface area (Å²) in [6.45, 7) is 4.87. The highest BCUT2D eigenvalue weighted by atomic mass is 32.1. The molecule has 0 spiro atoms. The first kappa shape index (κ1) is 16.9. The maximum absolute atomic E-state index is 5.69. The fourth-order valence-corrected chi connectivity index (χ4v) is 3.51. The minimum atomic E-state index is 0.460. The number of rotatable bonds is 5. The van der Waals surface area contributed by atoms with Gasteiger partial charge < -0.3 is 9.32 Å². The molecule has 3 aromatic rings. The van der Waals surface area contributed by atoms with Gasteiger partial charge in [-0.3, -0.25) is 4.90 Å². The normalized spacial score (nSPS) is 15.3. The highest BCUT2D eigenvalue weighted by Crippen LogP contribution is 2.08. The number of anilines is 1. The molecule has 0 saturated carbocycles. The summed E-state index contributed by atoms with van der Waals surface area (Å²) in [4.78, 5) is 7.61. The predicted octanol–water partition coefficient (Wildman–Crippen LogP) is 0.973. The lowest BCUT2D eigenvalue weighted by Gasteiger charge is -2.27. The predicted molar refractivity (Wildman–Crippen MR) is 100 cm³/mol. The Hall–Kier alpha value is -2.51. The van der Waals surface area contributed by atoms with E-state index < -0.39 is 0 Å². The summed E-state index contributed by atoms with van der Waals surface area (Å²) in [6, 6.07) is 16.4. The van der Waals surface area contributed by atoms with E-state index in [1.54, 1.807) is 0 Å². The number of quaternary nitrogens is 1. The zero-order chi connectivity index (χ0) is 17.8. The summed E-state index contributed by atoms with van der Waals surface area (Å²) in [5, 5.41) is 4.58. The van der Waals surface area contributed by atoms with Crippen molar-refractivity contribution in [3.8, 4) is 0 Å². The van der Waals surface area contributed by atoms with Gasteiger partial charge in [-0.1, -0.05) is 36.4 Å². The van der Waals surface area contributed by atoms with Gasteiger partial charge in [-0.05, 0) is 23.8 Å². The molecule has 2 N–H and O–H groups in total. The number of hydrogen-bond acceptors (Lipinski definition) is 4. The molecule has 0 radical (unpaired) electrons. The molecule has 3 heterocycles. The van der Waals surface area contributed by atoms with Gasteiger partial charge in [0.05, 0.1) is 12.6 Å². The monoisotopic (exact) mass is 369 g/mol. The Morgan fingerprint density at radius 1 is 1.08 bits per heavy atom. The van der Waals surface area contributed by atoms with Crippen molar-refractivity contribution in [2.45, 2.75) is 13.1 Å². The summed E-state index contributed by atoms with van der Waals surface area (Å²) < 4.78 is 7.52. The molecule has 1 saturated heterocycles. The van der Waals surface area contributed by atoms with Gasteiger partial charge in [0.15, 0.2) is 6.67 Å². The van der Waals surface area contributed by atoms with Crippen LogP contribution in [0, 0.1) is 4.84 Å². The van der Waals surface area contributed by atoms with Gasteiger partial charge in [-0.25, -0.2) is 4.98 Å². The molecule has 2 aromatic heterocycles. The topological polar surface area (TPSA) is 52.8 Å². The van der Waals surface area contributed by atoms with E-state index >= 15 is 0 Å². The largest absolute Gasteiger partial charge is 0.413 e. The van der Waals surface area contributed by atoms with Crippen LogP contribution >= 0.6 is 12.2 Å². The van der Waals surface area contributed by atoms with Crippen molar-refractivity contribution in [2.75, 3.05) is 31.1 Å². The molecule has 0 unspecified atom stereocenters. The molecule has 1 aliphatic rings. The van der Waals surface area contributed by atoms with E-state index in [-0.39, 0.29) is 0 Å². The maximum Gasteiger partial charge on any atom is 0.291 e. The van der Waals surface area contributed by atoms with E-state index in [1.165, 1.54) is 16.3 Å². The van der Waals surface area contributed by atoms with Gasteiger partial charge in [-0.15, -0.1) is 5.10 Å². The standard InChI is InChI=1S/C19H21N5OS/c26-19-24(21-18(25-19)14-16-6-2-1-3-7-16)15-22-10-12-23(13-11-22)17-8-4-5-9-20-17/h1-9H,10-15H2/p+2. The van der Waals surface area contributed by atoms with E-state index in [0.29, 0.717) is 17.1 Å². The number of pyridine rings is 1. The van der Waals surface area contributed by atoms with Gasteiger partial charge in [0.25, 0.3) is 10.7 Å². The van der Waals surface area contributed by atoms with Crippen molar-refractivity contribution < 1.29 is 14.3 Å². The van der Waals surface area contributed by atoms with E-state index in [2.05, 4.69) is 39.2 Å². The fourth-order valence-electron chi connectivity index (χ4n) is 3.31. The van der Waals surface area contributed by atoms with Crippen LogP contribution in [0.4, 0.5) is 5.82 Å². The Balaban J connectivity index is 1.36. The molecule has 26 heavy (non-hydrogen) atoms. The lowest BCUT2D eigenvalue weighted by molar-refractivity contribution is -0.924. The molecular weight excluding hydrogens is 346 g/mol. The summed E-state index contributed by atoms with van der Waals surface area (Å²) in [7, 11) is 0. The molecule has 4 rings (SSSR count). The van der Waals surface area contributed by atoms with Gasteiger partial charge >= 0.3 is 0 Å². The van der Waals surface area contributed by atoms with Crippen molar-refractivity contribution in [1.29, 1.82) is 0 Å². The van der Waals surface area contributed by atoms with Gasteiger partial charge in [0, 0.05) is 6.07 Å². The van der Waals surface area contributed by atoms with Crippen LogP contribution in [0.1, 0.15) is 11.5 Å². The number of H-pyrrole nitrogens is 1. The van der Waals surface area contributed by atoms with E-state index in [4.69, 9.17) is 16.6 Å². The number of benzene rings is 1. The number of aromatic nitrogens is 3. The molecule has 0 aliphatic carbocycles. The van der Waals surface area contributed by atoms with E-state index in [0.717, 1.165) is 32.8 Å². The molecule has 6 nitrogen and oxygen atoms in total. The fraction of sp³-hybridized carbons (Fsp3) is 0.316. The van der Waals surface area contributed by atoms with Crippen molar-refractivity contribution in [2.24, 2.45) is 0 Å². The molecule has 0 amide bonds. The highest BCUT2D eigenvalue weighted by molar-refractivity contribution is 7.71. The van der Waals surface area contributed by atoms with Crippen molar-refractivity contribution in [3.05, 3.63) is 71.0 Å². The number of aromatic amines is 1. The zero-order valence-corrected chi connectivity index (χ0v) is 15.4. The smallest absolute Gasteiger partial charge is 0.291 e. The molecular formula is C19H23N5OS+2. The number of hydrogen-bond donors (Lipinski definition) is 1. The SMILES string of the molecule is S=c1oc(Cc2ccccc2)nn1C[NH+]1CCN(c2cccc[nH+]2)CC1. The lowest BCUT2D eigenvalue weighted by atomic mass is 10.2. The summed E-state index contributed by atoms with van der Waals surface area (Å²) >= 11 is 5.36. The van der Waals surface area contributed by atoms with Crippen LogP contribution in [0.15, 0.2) is 59.1 Å². The summed E-state index contributed by atoms with van der Waals surface area (Å²) in [6.07, 6.45) is 2.64. The molecule has 134 valence electrons. The van der Waals surface area contributed by atoms with Gasteiger partial charge in [-0.2, -0.15) is 4.68 Å². The van der Waals surface area contributed by atoms with Crippen molar-refractivity contribution in [1.82, 2.24) is 9.78 Å². The lowest BCUT2D eigenvalue weighted by Crippen LogP contribution is -3.14. The quantitative estimate of drug-likeness (QED) is 0.681. The number of piperazine rings is 1. The van der Waals surface area contributed by atoms with E-state index in [1.807, 2.05) is 35.1 Å². The van der Waals surface area contributed by atoms with E-state index in [9.17, 15) is 0 Å². The van der Waals surface area contributed by atoms with Crippen LogP contribution in [0.2, 0.25) is 0 Å². The van der Waals surface area contributed by atoms with Crippen LogP contribution in [-0.4, -0.2) is 36.0 Å². The van der Waals surface area contributed by atoms with Gasteiger partial charge in [0.2, 0.25) is 5.89 Å². The number of nitrogens with zero attached hydrogens (tertiary/aromatic N) is 3. The summed E-state index contributed by atoms with van der Waals surface area (Å²) in [5.74, 6) is 1.85. The molecule has 7 heteroatoms. The highest BCUT2D eigenvalue weighted by Gasteiger charge is 2.26. The minimum absolute atomic E-state index is 0.460. The van der Waals surface area contributed by atoms with Crippen molar-refractivity contribution in [3.63, 3.8) is 0 Å². The third kappa shape index (κ3) is 4.00. The second-order valence-electron chi connectivity index (χ2n) is 6.57. The molecule has 0 bridgehead atoms. The molecule has 0 atom stereocenters. The zero-order valence-electron chi connectivity index (χ0n) is 14.6. The summed E-state index contributed by atoms with van der Waals surface area (Å²) in [5.41, 5.74) is 1.18. The first-order valence-corrected chi connectivity index (χ1v) is 9.35. The third-order valence-corrected chi connectivity index (χ3v) is 5.02. The molecule has 1 fully saturated rings. The Morgan fingerprint density at radius 2 is 1.85 bits per heavy atom. The second-order valence-corrected chi connectivity index (χ2v) is 6.92. The first-order chi connectivity index (χ1) is 12.8. The Labute approximate surface area is 157 Å². The molecule has 1 aliphatic heterocycles. The Bertz CT molecular complexity index is 885. The third-order valence-electron chi connectivity index (χ3n) is 4.72. The molecule has 1 aromatic carbocycles. The average molecular weight is 369 g/mol. The van der Waals surface area contributed by atoms with Crippen LogP contribution in [0.5, 0.6) is 0 Å². The van der Waals surface area contributed by atoms with Crippen LogP contribution in [0.3, 0.4) is 0 Å². The van der Waals surface area contributed by atoms with Crippen LogP contribution < -0.4 is 14.8 Å². The second kappa shape index (κ2) is 7.80. The average Bonchev–Trinajstić information content (AvgIpc) is 3.03. The first-order valence-electron chi connectivity index (χ1n) is 8.94. The Kier molecular flexibility index (Phi) is 5.08. The van der Waals surface area contributed by atoms with Gasteiger partial charge in [0.1, 0.15) is 26.2 Å². The van der Waals surface area contributed by atoms with Crippen LogP contribution in [0.25, 0.3) is 0 Å². The Morgan fingerprint density at radius 3 is 2.58 bits per heavy atom.